The molecule has 0 atom stereocenters. The summed E-state index contributed by atoms with van der Waals surface area (Å²) in [7, 11) is 3.23. The maximum absolute atomic E-state index is 13.7. The lowest BCUT2D eigenvalue weighted by molar-refractivity contribution is -0.147. The fraction of sp³-hybridized carbons (Fsp3) is 0.464. The van der Waals surface area contributed by atoms with E-state index in [0.717, 1.165) is 24.1 Å². The highest BCUT2D eigenvalue weighted by atomic mass is 16.5. The van der Waals surface area contributed by atoms with Gasteiger partial charge in [-0.25, -0.2) is 5.01 Å². The Hall–Kier alpha value is -3.35. The number of nitrogens with zero attached hydrogens (tertiary/aromatic N) is 3. The number of carbonyl (C=O) groups excluding carboxylic acids is 2. The quantitative estimate of drug-likeness (QED) is 0.577. The molecule has 7 heteroatoms. The largest absolute Gasteiger partial charge is 0.493 e. The van der Waals surface area contributed by atoms with E-state index in [1.54, 1.807) is 19.2 Å². The smallest absolute Gasteiger partial charge is 0.253 e. The van der Waals surface area contributed by atoms with Crippen LogP contribution in [0.4, 0.5) is 0 Å². The van der Waals surface area contributed by atoms with E-state index in [2.05, 4.69) is 13.8 Å². The SMILES string of the molecule is CCC1(CC)CC(c2ccc(OC)c(OC)c2)=NN(C2CCN(C(=O)c3ccccc3)CC2)C1=O. The van der Waals surface area contributed by atoms with Gasteiger partial charge >= 0.3 is 0 Å². The van der Waals surface area contributed by atoms with Crippen LogP contribution >= 0.6 is 0 Å². The average Bonchev–Trinajstić information content (AvgIpc) is 2.93. The van der Waals surface area contributed by atoms with Crippen LogP contribution in [0.3, 0.4) is 0 Å². The van der Waals surface area contributed by atoms with E-state index in [9.17, 15) is 9.59 Å². The fourth-order valence-corrected chi connectivity index (χ4v) is 5.15. The summed E-state index contributed by atoms with van der Waals surface area (Å²) >= 11 is 0. The summed E-state index contributed by atoms with van der Waals surface area (Å²) in [5.74, 6) is 1.44. The lowest BCUT2D eigenvalue weighted by Crippen LogP contribution is -2.53. The van der Waals surface area contributed by atoms with E-state index < -0.39 is 5.41 Å². The second kappa shape index (κ2) is 10.5. The molecule has 2 aromatic rings. The van der Waals surface area contributed by atoms with Crippen molar-refractivity contribution in [2.24, 2.45) is 10.5 Å². The number of benzene rings is 2. The van der Waals surface area contributed by atoms with Gasteiger partial charge in [0.1, 0.15) is 0 Å². The van der Waals surface area contributed by atoms with Crippen LogP contribution in [0.2, 0.25) is 0 Å². The molecule has 2 aromatic carbocycles. The standard InChI is InChI=1S/C28H35N3O4/c1-5-28(6-2)19-23(21-12-13-24(34-3)25(18-21)35-4)29-31(27(28)33)22-14-16-30(17-15-22)26(32)20-10-8-7-9-11-20/h7-13,18,22H,5-6,14-17,19H2,1-4H3. The van der Waals surface area contributed by atoms with Gasteiger partial charge in [-0.05, 0) is 56.0 Å². The number of carbonyl (C=O) groups is 2. The predicted octanol–water partition coefficient (Wildman–Crippen LogP) is 4.75. The number of methoxy groups -OCH3 is 2. The molecule has 0 saturated carbocycles. The normalized spacial score (nSPS) is 18.3. The van der Waals surface area contributed by atoms with E-state index in [4.69, 9.17) is 14.6 Å². The Kier molecular flexibility index (Phi) is 7.43. The summed E-state index contributed by atoms with van der Waals surface area (Å²) in [6, 6.07) is 15.1. The first-order valence-corrected chi connectivity index (χ1v) is 12.4. The van der Waals surface area contributed by atoms with Gasteiger partial charge in [0.25, 0.3) is 5.91 Å². The van der Waals surface area contributed by atoms with E-state index in [1.807, 2.05) is 53.4 Å². The highest BCUT2D eigenvalue weighted by molar-refractivity contribution is 6.06. The maximum atomic E-state index is 13.7. The van der Waals surface area contributed by atoms with Crippen molar-refractivity contribution < 1.29 is 19.1 Å². The third-order valence-electron chi connectivity index (χ3n) is 7.58. The third-order valence-corrected chi connectivity index (χ3v) is 7.58. The molecule has 0 spiro atoms. The van der Waals surface area contributed by atoms with E-state index in [0.29, 0.717) is 49.4 Å². The Morgan fingerprint density at radius 2 is 1.66 bits per heavy atom. The fourth-order valence-electron chi connectivity index (χ4n) is 5.15. The van der Waals surface area contributed by atoms with Crippen molar-refractivity contribution in [1.82, 2.24) is 9.91 Å². The van der Waals surface area contributed by atoms with E-state index >= 15 is 0 Å². The molecule has 0 bridgehead atoms. The molecule has 0 unspecified atom stereocenters. The maximum Gasteiger partial charge on any atom is 0.253 e. The van der Waals surface area contributed by atoms with Crippen molar-refractivity contribution in [3.63, 3.8) is 0 Å². The van der Waals surface area contributed by atoms with Crippen LogP contribution in [-0.4, -0.2) is 60.8 Å². The Morgan fingerprint density at radius 1 is 1.00 bits per heavy atom. The Labute approximate surface area is 207 Å². The molecule has 2 amide bonds. The second-order valence-electron chi connectivity index (χ2n) is 9.32. The van der Waals surface area contributed by atoms with Crippen molar-refractivity contribution in [2.45, 2.75) is 52.0 Å². The monoisotopic (exact) mass is 477 g/mol. The molecular formula is C28H35N3O4. The van der Waals surface area contributed by atoms with Gasteiger partial charge in [-0.1, -0.05) is 32.0 Å². The molecule has 35 heavy (non-hydrogen) atoms. The first-order valence-electron chi connectivity index (χ1n) is 12.4. The molecule has 186 valence electrons. The van der Waals surface area contributed by atoms with Crippen molar-refractivity contribution in [2.75, 3.05) is 27.3 Å². The Bertz CT molecular complexity index is 1090. The van der Waals surface area contributed by atoms with Crippen LogP contribution in [0, 0.1) is 5.41 Å². The van der Waals surface area contributed by atoms with Gasteiger partial charge in [-0.3, -0.25) is 9.59 Å². The number of hydrogen-bond acceptors (Lipinski definition) is 5. The van der Waals surface area contributed by atoms with Crippen LogP contribution in [0.1, 0.15) is 61.9 Å². The molecule has 2 aliphatic rings. The molecule has 1 fully saturated rings. The summed E-state index contributed by atoms with van der Waals surface area (Å²) in [6.45, 7) is 5.37. The Balaban J connectivity index is 1.59. The highest BCUT2D eigenvalue weighted by Gasteiger charge is 2.45. The van der Waals surface area contributed by atoms with Gasteiger partial charge in [0.15, 0.2) is 11.5 Å². The number of amides is 2. The first kappa shape index (κ1) is 24.8. The summed E-state index contributed by atoms with van der Waals surface area (Å²) < 4.78 is 10.9. The Morgan fingerprint density at radius 3 is 2.26 bits per heavy atom. The molecule has 0 radical (unpaired) electrons. The summed E-state index contributed by atoms with van der Waals surface area (Å²) in [6.07, 6.45) is 3.50. The molecule has 2 heterocycles. The minimum absolute atomic E-state index is 0.0322. The minimum Gasteiger partial charge on any atom is -0.493 e. The number of ether oxygens (including phenoxy) is 2. The zero-order chi connectivity index (χ0) is 25.0. The second-order valence-corrected chi connectivity index (χ2v) is 9.32. The van der Waals surface area contributed by atoms with Crippen molar-refractivity contribution >= 4 is 17.5 Å². The van der Waals surface area contributed by atoms with Crippen molar-refractivity contribution in [3.05, 3.63) is 59.7 Å². The predicted molar refractivity (Wildman–Crippen MR) is 136 cm³/mol. The van der Waals surface area contributed by atoms with Gasteiger partial charge in [0, 0.05) is 30.6 Å². The number of piperidine rings is 1. The van der Waals surface area contributed by atoms with E-state index in [1.165, 1.54) is 0 Å². The molecule has 0 N–H and O–H groups in total. The topological polar surface area (TPSA) is 71.4 Å². The summed E-state index contributed by atoms with van der Waals surface area (Å²) in [4.78, 5) is 28.5. The third kappa shape index (κ3) is 4.77. The molecule has 2 aliphatic heterocycles. The van der Waals surface area contributed by atoms with E-state index in [-0.39, 0.29) is 17.9 Å². The van der Waals surface area contributed by atoms with Crippen LogP contribution in [0.5, 0.6) is 11.5 Å². The first-order chi connectivity index (χ1) is 17.0. The number of likely N-dealkylation sites (tertiary alicyclic amines) is 1. The van der Waals surface area contributed by atoms with Gasteiger partial charge in [0.05, 0.1) is 31.4 Å². The summed E-state index contributed by atoms with van der Waals surface area (Å²) in [5, 5.41) is 6.64. The zero-order valence-corrected chi connectivity index (χ0v) is 21.1. The molecule has 0 aromatic heterocycles. The van der Waals surface area contributed by atoms with Gasteiger partial charge in [-0.15, -0.1) is 0 Å². The lowest BCUT2D eigenvalue weighted by atomic mass is 9.74. The van der Waals surface area contributed by atoms with Crippen LogP contribution in [0.15, 0.2) is 53.6 Å². The van der Waals surface area contributed by atoms with Crippen LogP contribution < -0.4 is 9.47 Å². The van der Waals surface area contributed by atoms with Crippen molar-refractivity contribution in [1.29, 1.82) is 0 Å². The number of hydrogen-bond donors (Lipinski definition) is 0. The zero-order valence-electron chi connectivity index (χ0n) is 21.1. The van der Waals surface area contributed by atoms with Gasteiger partial charge < -0.3 is 14.4 Å². The van der Waals surface area contributed by atoms with Gasteiger partial charge in [-0.2, -0.15) is 5.10 Å². The van der Waals surface area contributed by atoms with Crippen LogP contribution in [0.25, 0.3) is 0 Å². The molecule has 1 saturated heterocycles. The number of rotatable bonds is 7. The number of hydrazone groups is 1. The molecule has 0 aliphatic carbocycles. The molecule has 7 nitrogen and oxygen atoms in total. The minimum atomic E-state index is -0.485. The lowest BCUT2D eigenvalue weighted by Gasteiger charge is -2.44. The molecule has 4 rings (SSSR count). The average molecular weight is 478 g/mol. The summed E-state index contributed by atoms with van der Waals surface area (Å²) in [5.41, 5.74) is 2.03. The van der Waals surface area contributed by atoms with Crippen LogP contribution in [-0.2, 0) is 4.79 Å². The highest BCUT2D eigenvalue weighted by Crippen LogP contribution is 2.40. The van der Waals surface area contributed by atoms with Crippen molar-refractivity contribution in [3.8, 4) is 11.5 Å². The van der Waals surface area contributed by atoms with Gasteiger partial charge in [0.2, 0.25) is 5.91 Å². The molecular weight excluding hydrogens is 442 g/mol.